The topological polar surface area (TPSA) is 55.0 Å². The van der Waals surface area contributed by atoms with Gasteiger partial charge in [0.1, 0.15) is 11.6 Å². The van der Waals surface area contributed by atoms with Crippen molar-refractivity contribution in [1.29, 1.82) is 0 Å². The molecule has 1 aromatic heterocycles. The van der Waals surface area contributed by atoms with Gasteiger partial charge in [0.15, 0.2) is 0 Å². The van der Waals surface area contributed by atoms with E-state index < -0.39 is 12.0 Å². The number of alkyl halides is 3. The average Bonchev–Trinajstić information content (AvgIpc) is 2.23. The van der Waals surface area contributed by atoms with E-state index in [2.05, 4.69) is 9.97 Å². The molecular weight excluding hydrogens is 233 g/mol. The predicted octanol–water partition coefficient (Wildman–Crippen LogP) is 2.31. The molecule has 1 aromatic rings. The minimum absolute atomic E-state index is 0.170. The molecule has 4 nitrogen and oxygen atoms in total. The van der Waals surface area contributed by atoms with Crippen LogP contribution in [-0.4, -0.2) is 23.1 Å². The number of nitrogens with zero attached hydrogens (tertiary/aromatic N) is 3. The van der Waals surface area contributed by atoms with Gasteiger partial charge in [-0.15, -0.1) is 0 Å². The predicted molar refractivity (Wildman–Crippen MR) is 59.6 cm³/mol. The van der Waals surface area contributed by atoms with E-state index in [1.165, 1.54) is 6.07 Å². The van der Waals surface area contributed by atoms with Gasteiger partial charge >= 0.3 is 6.18 Å². The van der Waals surface area contributed by atoms with Crippen molar-refractivity contribution in [2.75, 3.05) is 23.7 Å². The number of hydrogen-bond acceptors (Lipinski definition) is 4. The summed E-state index contributed by atoms with van der Waals surface area (Å²) >= 11 is 0. The first kappa shape index (κ1) is 13.5. The second-order valence-corrected chi connectivity index (χ2v) is 3.55. The van der Waals surface area contributed by atoms with E-state index >= 15 is 0 Å². The standard InChI is InChI=1S/C10H15F3N4/c1-3-5-17(4-2)8-6-7(14)15-9(16-8)10(11,12)13/h6H,3-5H2,1-2H3,(H2,14,15,16). The minimum Gasteiger partial charge on any atom is -0.384 e. The Morgan fingerprint density at radius 3 is 2.41 bits per heavy atom. The van der Waals surface area contributed by atoms with E-state index in [0.29, 0.717) is 13.1 Å². The van der Waals surface area contributed by atoms with Crippen molar-refractivity contribution in [2.45, 2.75) is 26.4 Å². The summed E-state index contributed by atoms with van der Waals surface area (Å²) in [7, 11) is 0. The second kappa shape index (κ2) is 5.20. The largest absolute Gasteiger partial charge is 0.451 e. The summed E-state index contributed by atoms with van der Waals surface area (Å²) in [4.78, 5) is 8.43. The maximum Gasteiger partial charge on any atom is 0.451 e. The molecule has 0 fully saturated rings. The van der Waals surface area contributed by atoms with Gasteiger partial charge in [-0.3, -0.25) is 0 Å². The molecule has 96 valence electrons. The lowest BCUT2D eigenvalue weighted by Gasteiger charge is -2.22. The molecule has 0 aromatic carbocycles. The Hall–Kier alpha value is -1.53. The third-order valence-corrected chi connectivity index (χ3v) is 2.19. The summed E-state index contributed by atoms with van der Waals surface area (Å²) in [6.07, 6.45) is -3.76. The molecule has 1 rings (SSSR count). The summed E-state index contributed by atoms with van der Waals surface area (Å²) in [5.41, 5.74) is 5.37. The number of rotatable bonds is 4. The van der Waals surface area contributed by atoms with Crippen LogP contribution < -0.4 is 10.6 Å². The molecule has 1 heterocycles. The molecule has 0 radical (unpaired) electrons. The van der Waals surface area contributed by atoms with Gasteiger partial charge < -0.3 is 10.6 Å². The number of anilines is 2. The quantitative estimate of drug-likeness (QED) is 0.888. The highest BCUT2D eigenvalue weighted by Crippen LogP contribution is 2.28. The highest BCUT2D eigenvalue weighted by molar-refractivity contribution is 5.47. The van der Waals surface area contributed by atoms with Crippen LogP contribution in [-0.2, 0) is 6.18 Å². The number of nitrogen functional groups attached to an aromatic ring is 1. The molecule has 0 unspecified atom stereocenters. The van der Waals surface area contributed by atoms with Crippen LogP contribution in [0.15, 0.2) is 6.07 Å². The zero-order chi connectivity index (χ0) is 13.1. The number of nitrogens with two attached hydrogens (primary N) is 1. The number of hydrogen-bond donors (Lipinski definition) is 1. The van der Waals surface area contributed by atoms with Crippen LogP contribution >= 0.6 is 0 Å². The first-order chi connectivity index (χ1) is 7.88. The highest BCUT2D eigenvalue weighted by Gasteiger charge is 2.35. The minimum atomic E-state index is -4.57. The van der Waals surface area contributed by atoms with Crippen molar-refractivity contribution in [2.24, 2.45) is 0 Å². The Bertz CT molecular complexity index is 378. The van der Waals surface area contributed by atoms with Crippen molar-refractivity contribution in [3.8, 4) is 0 Å². The maximum atomic E-state index is 12.5. The molecule has 0 saturated carbocycles. The third-order valence-electron chi connectivity index (χ3n) is 2.19. The van der Waals surface area contributed by atoms with Crippen LogP contribution in [0.2, 0.25) is 0 Å². The van der Waals surface area contributed by atoms with Crippen LogP contribution in [0.3, 0.4) is 0 Å². The van der Waals surface area contributed by atoms with Crippen LogP contribution in [0.4, 0.5) is 24.8 Å². The Balaban J connectivity index is 3.12. The van der Waals surface area contributed by atoms with Gasteiger partial charge in [-0.05, 0) is 13.3 Å². The molecule has 17 heavy (non-hydrogen) atoms. The molecule has 0 amide bonds. The summed E-state index contributed by atoms with van der Waals surface area (Å²) in [5.74, 6) is -1.15. The lowest BCUT2D eigenvalue weighted by atomic mass is 10.3. The van der Waals surface area contributed by atoms with E-state index in [0.717, 1.165) is 6.42 Å². The molecular formula is C10H15F3N4. The van der Waals surface area contributed by atoms with Crippen molar-refractivity contribution in [3.63, 3.8) is 0 Å². The SMILES string of the molecule is CCCN(CC)c1cc(N)nc(C(F)(F)F)n1. The number of halogens is 3. The molecule has 0 atom stereocenters. The fraction of sp³-hybridized carbons (Fsp3) is 0.600. The highest BCUT2D eigenvalue weighted by atomic mass is 19.4. The Kier molecular flexibility index (Phi) is 4.14. The summed E-state index contributed by atoms with van der Waals surface area (Å²) < 4.78 is 37.5. The first-order valence-corrected chi connectivity index (χ1v) is 5.35. The van der Waals surface area contributed by atoms with Crippen LogP contribution in [0.1, 0.15) is 26.1 Å². The van der Waals surface area contributed by atoms with E-state index in [-0.39, 0.29) is 11.6 Å². The summed E-state index contributed by atoms with van der Waals surface area (Å²) in [6, 6.07) is 1.36. The molecule has 7 heteroatoms. The molecule has 0 aliphatic heterocycles. The van der Waals surface area contributed by atoms with Gasteiger partial charge in [-0.25, -0.2) is 9.97 Å². The lowest BCUT2D eigenvalue weighted by molar-refractivity contribution is -0.144. The Morgan fingerprint density at radius 2 is 1.94 bits per heavy atom. The fourth-order valence-electron chi connectivity index (χ4n) is 1.45. The second-order valence-electron chi connectivity index (χ2n) is 3.55. The fourth-order valence-corrected chi connectivity index (χ4v) is 1.45. The molecule has 0 spiro atoms. The van der Waals surface area contributed by atoms with Gasteiger partial charge in [0.2, 0.25) is 5.82 Å². The van der Waals surface area contributed by atoms with E-state index in [1.807, 2.05) is 13.8 Å². The Labute approximate surface area is 97.7 Å². The normalized spacial score (nSPS) is 11.6. The zero-order valence-corrected chi connectivity index (χ0v) is 9.75. The number of aromatic nitrogens is 2. The average molecular weight is 248 g/mol. The molecule has 0 bridgehead atoms. The van der Waals surface area contributed by atoms with Gasteiger partial charge in [-0.2, -0.15) is 13.2 Å². The summed E-state index contributed by atoms with van der Waals surface area (Å²) in [6.45, 7) is 4.99. The van der Waals surface area contributed by atoms with Crippen LogP contribution in [0.25, 0.3) is 0 Å². The van der Waals surface area contributed by atoms with E-state index in [4.69, 9.17) is 5.73 Å². The lowest BCUT2D eigenvalue weighted by Crippen LogP contribution is -2.26. The van der Waals surface area contributed by atoms with Gasteiger partial charge in [-0.1, -0.05) is 6.92 Å². The molecule has 0 saturated heterocycles. The van der Waals surface area contributed by atoms with Crippen molar-refractivity contribution < 1.29 is 13.2 Å². The van der Waals surface area contributed by atoms with Crippen LogP contribution in [0.5, 0.6) is 0 Å². The first-order valence-electron chi connectivity index (χ1n) is 5.35. The smallest absolute Gasteiger partial charge is 0.384 e. The van der Waals surface area contributed by atoms with Gasteiger partial charge in [0, 0.05) is 19.2 Å². The van der Waals surface area contributed by atoms with Crippen LogP contribution in [0, 0.1) is 0 Å². The Morgan fingerprint density at radius 1 is 1.29 bits per heavy atom. The maximum absolute atomic E-state index is 12.5. The summed E-state index contributed by atoms with van der Waals surface area (Å²) in [5, 5.41) is 0. The third kappa shape index (κ3) is 3.47. The van der Waals surface area contributed by atoms with Gasteiger partial charge in [0.25, 0.3) is 0 Å². The van der Waals surface area contributed by atoms with Crippen molar-refractivity contribution in [3.05, 3.63) is 11.9 Å². The van der Waals surface area contributed by atoms with E-state index in [1.54, 1.807) is 4.90 Å². The molecule has 0 aliphatic rings. The molecule has 0 aliphatic carbocycles. The monoisotopic (exact) mass is 248 g/mol. The zero-order valence-electron chi connectivity index (χ0n) is 9.75. The molecule has 2 N–H and O–H groups in total. The van der Waals surface area contributed by atoms with Crippen molar-refractivity contribution in [1.82, 2.24) is 9.97 Å². The van der Waals surface area contributed by atoms with Crippen molar-refractivity contribution >= 4 is 11.6 Å². The van der Waals surface area contributed by atoms with Gasteiger partial charge in [0.05, 0.1) is 0 Å². The van der Waals surface area contributed by atoms with E-state index in [9.17, 15) is 13.2 Å².